The van der Waals surface area contributed by atoms with Gasteiger partial charge in [0.25, 0.3) is 10.0 Å². The van der Waals surface area contributed by atoms with Gasteiger partial charge in [0.1, 0.15) is 0 Å². The van der Waals surface area contributed by atoms with Crippen molar-refractivity contribution >= 4 is 10.0 Å². The van der Waals surface area contributed by atoms with Crippen LogP contribution >= 0.6 is 0 Å². The average Bonchev–Trinajstić information content (AvgIpc) is 2.70. The molecule has 0 fully saturated rings. The molecule has 1 heterocycles. The Morgan fingerprint density at radius 3 is 2.73 bits per heavy atom. The molecule has 0 aromatic carbocycles. The maximum absolute atomic E-state index is 11.9. The van der Waals surface area contributed by atoms with E-state index in [9.17, 15) is 8.42 Å². The predicted octanol–water partition coefficient (Wildman–Crippen LogP) is -0.197. The topological polar surface area (TPSA) is 86.3 Å². The van der Waals surface area contributed by atoms with E-state index in [0.29, 0.717) is 13.0 Å². The quantitative estimate of drug-likeness (QED) is 0.712. The Morgan fingerprint density at radius 2 is 2.27 bits per heavy atom. The fourth-order valence-electron chi connectivity index (χ4n) is 1.24. The molecule has 0 aliphatic heterocycles. The molecule has 7 heteroatoms. The molecule has 0 amide bonds. The number of rotatable bonds is 6. The number of hydrogen-bond acceptors (Lipinski definition) is 4. The summed E-state index contributed by atoms with van der Waals surface area (Å²) in [5, 5.41) is 8.85. The van der Waals surface area contributed by atoms with Crippen molar-refractivity contribution in [2.75, 3.05) is 19.7 Å². The SMILES string of the molecule is CCCN(CCO)S(=O)(=O)c1cnc[nH]1. The Labute approximate surface area is 89.0 Å². The minimum absolute atomic E-state index is 0.0596. The van der Waals surface area contributed by atoms with Gasteiger partial charge >= 0.3 is 0 Å². The highest BCUT2D eigenvalue weighted by atomic mass is 32.2. The van der Waals surface area contributed by atoms with E-state index in [1.807, 2.05) is 6.92 Å². The van der Waals surface area contributed by atoms with Gasteiger partial charge < -0.3 is 10.1 Å². The third kappa shape index (κ3) is 2.77. The monoisotopic (exact) mass is 233 g/mol. The molecule has 1 aromatic rings. The number of aromatic amines is 1. The minimum atomic E-state index is -3.53. The van der Waals surface area contributed by atoms with Crippen molar-refractivity contribution in [2.24, 2.45) is 0 Å². The molecular formula is C8H15N3O3S. The minimum Gasteiger partial charge on any atom is -0.395 e. The molecule has 0 unspecified atom stereocenters. The number of nitrogens with one attached hydrogen (secondary N) is 1. The summed E-state index contributed by atoms with van der Waals surface area (Å²) in [4.78, 5) is 6.22. The van der Waals surface area contributed by atoms with Crippen LogP contribution in [0, 0.1) is 0 Å². The second-order valence-electron chi connectivity index (χ2n) is 3.04. The third-order valence-electron chi connectivity index (χ3n) is 1.91. The van der Waals surface area contributed by atoms with E-state index in [1.165, 1.54) is 16.8 Å². The molecule has 6 nitrogen and oxygen atoms in total. The van der Waals surface area contributed by atoms with Crippen molar-refractivity contribution in [2.45, 2.75) is 18.4 Å². The van der Waals surface area contributed by atoms with E-state index in [2.05, 4.69) is 9.97 Å². The first kappa shape index (κ1) is 12.2. The van der Waals surface area contributed by atoms with Gasteiger partial charge in [-0.1, -0.05) is 6.92 Å². The molecule has 0 radical (unpaired) electrons. The van der Waals surface area contributed by atoms with Crippen molar-refractivity contribution in [3.63, 3.8) is 0 Å². The van der Waals surface area contributed by atoms with E-state index < -0.39 is 10.0 Å². The second kappa shape index (κ2) is 5.24. The first-order valence-corrected chi connectivity index (χ1v) is 6.16. The van der Waals surface area contributed by atoms with Gasteiger partial charge in [-0.25, -0.2) is 13.4 Å². The smallest absolute Gasteiger partial charge is 0.260 e. The lowest BCUT2D eigenvalue weighted by Gasteiger charge is -2.19. The summed E-state index contributed by atoms with van der Waals surface area (Å²) in [5.74, 6) is 0. The zero-order chi connectivity index (χ0) is 11.3. The van der Waals surface area contributed by atoms with Crippen LogP contribution in [0.2, 0.25) is 0 Å². The molecule has 86 valence electrons. The van der Waals surface area contributed by atoms with Crippen molar-refractivity contribution < 1.29 is 13.5 Å². The largest absolute Gasteiger partial charge is 0.395 e. The maximum Gasteiger partial charge on any atom is 0.260 e. The van der Waals surface area contributed by atoms with Gasteiger partial charge in [0.05, 0.1) is 19.1 Å². The van der Waals surface area contributed by atoms with Crippen LogP contribution in [0.5, 0.6) is 0 Å². The highest BCUT2D eigenvalue weighted by molar-refractivity contribution is 7.89. The summed E-state index contributed by atoms with van der Waals surface area (Å²) in [5.41, 5.74) is 0. The number of sulfonamides is 1. The molecular weight excluding hydrogens is 218 g/mol. The molecule has 2 N–H and O–H groups in total. The van der Waals surface area contributed by atoms with Gasteiger partial charge in [0, 0.05) is 13.1 Å². The number of hydrogen-bond donors (Lipinski definition) is 2. The summed E-state index contributed by atoms with van der Waals surface area (Å²) in [6.07, 6.45) is 3.28. The average molecular weight is 233 g/mol. The van der Waals surface area contributed by atoms with Gasteiger partial charge in [0.15, 0.2) is 5.03 Å². The summed E-state index contributed by atoms with van der Waals surface area (Å²) in [7, 11) is -3.53. The van der Waals surface area contributed by atoms with Crippen LogP contribution in [0.4, 0.5) is 0 Å². The second-order valence-corrected chi connectivity index (χ2v) is 4.95. The summed E-state index contributed by atoms with van der Waals surface area (Å²) in [6.45, 7) is 2.19. The normalized spacial score (nSPS) is 12.2. The predicted molar refractivity (Wildman–Crippen MR) is 54.7 cm³/mol. The van der Waals surface area contributed by atoms with Crippen LogP contribution in [0.25, 0.3) is 0 Å². The molecule has 0 saturated heterocycles. The van der Waals surface area contributed by atoms with Crippen LogP contribution < -0.4 is 0 Å². The molecule has 15 heavy (non-hydrogen) atoms. The first-order chi connectivity index (χ1) is 7.12. The molecule has 1 rings (SSSR count). The molecule has 1 aromatic heterocycles. The van der Waals surface area contributed by atoms with E-state index in [-0.39, 0.29) is 18.2 Å². The zero-order valence-corrected chi connectivity index (χ0v) is 9.37. The van der Waals surface area contributed by atoms with Crippen LogP contribution in [-0.4, -0.2) is 47.5 Å². The molecule has 0 aliphatic rings. The molecule has 0 atom stereocenters. The van der Waals surface area contributed by atoms with Gasteiger partial charge in [-0.3, -0.25) is 0 Å². The number of H-pyrrole nitrogens is 1. The lowest BCUT2D eigenvalue weighted by molar-refractivity contribution is 0.253. The summed E-state index contributed by atoms with van der Waals surface area (Å²) < 4.78 is 25.1. The van der Waals surface area contributed by atoms with Crippen LogP contribution in [-0.2, 0) is 10.0 Å². The van der Waals surface area contributed by atoms with Gasteiger partial charge in [0.2, 0.25) is 0 Å². The van der Waals surface area contributed by atoms with Crippen molar-refractivity contribution in [3.8, 4) is 0 Å². The molecule has 0 aliphatic carbocycles. The van der Waals surface area contributed by atoms with Gasteiger partial charge in [-0.05, 0) is 6.42 Å². The van der Waals surface area contributed by atoms with E-state index in [4.69, 9.17) is 5.11 Å². The highest BCUT2D eigenvalue weighted by Crippen LogP contribution is 2.11. The standard InChI is InChI=1S/C8H15N3O3S/c1-2-3-11(4-5-12)15(13,14)8-6-9-7-10-8/h6-7,12H,2-5H2,1H3,(H,9,10). The van der Waals surface area contributed by atoms with Crippen LogP contribution in [0.1, 0.15) is 13.3 Å². The Bertz CT molecular complexity index is 368. The first-order valence-electron chi connectivity index (χ1n) is 4.72. The van der Waals surface area contributed by atoms with Crippen molar-refractivity contribution in [1.82, 2.24) is 14.3 Å². The van der Waals surface area contributed by atoms with Crippen LogP contribution in [0.15, 0.2) is 17.6 Å². The van der Waals surface area contributed by atoms with E-state index >= 15 is 0 Å². The molecule has 0 bridgehead atoms. The summed E-state index contributed by atoms with van der Waals surface area (Å²) >= 11 is 0. The Balaban J connectivity index is 2.91. The third-order valence-corrected chi connectivity index (χ3v) is 3.74. The van der Waals surface area contributed by atoms with E-state index in [1.54, 1.807) is 0 Å². The maximum atomic E-state index is 11.9. The Hall–Kier alpha value is -0.920. The lowest BCUT2D eigenvalue weighted by Crippen LogP contribution is -2.34. The van der Waals surface area contributed by atoms with Gasteiger partial charge in [-0.2, -0.15) is 4.31 Å². The van der Waals surface area contributed by atoms with Crippen molar-refractivity contribution in [3.05, 3.63) is 12.5 Å². The highest BCUT2D eigenvalue weighted by Gasteiger charge is 2.24. The number of aliphatic hydroxyl groups is 1. The fraction of sp³-hybridized carbons (Fsp3) is 0.625. The number of aliphatic hydroxyl groups excluding tert-OH is 1. The number of aromatic nitrogens is 2. The fourth-order valence-corrected chi connectivity index (χ4v) is 2.66. The van der Waals surface area contributed by atoms with Gasteiger partial charge in [-0.15, -0.1) is 0 Å². The number of imidazole rings is 1. The Morgan fingerprint density at radius 1 is 1.53 bits per heavy atom. The molecule has 0 spiro atoms. The molecule has 0 saturated carbocycles. The van der Waals surface area contributed by atoms with E-state index in [0.717, 1.165) is 0 Å². The lowest BCUT2D eigenvalue weighted by atomic mass is 10.5. The zero-order valence-electron chi connectivity index (χ0n) is 8.55. The van der Waals surface area contributed by atoms with Crippen molar-refractivity contribution in [1.29, 1.82) is 0 Å². The number of nitrogens with zero attached hydrogens (tertiary/aromatic N) is 2. The van der Waals surface area contributed by atoms with Crippen LogP contribution in [0.3, 0.4) is 0 Å². The summed E-state index contributed by atoms with van der Waals surface area (Å²) in [6, 6.07) is 0. The Kier molecular flexibility index (Phi) is 4.25.